The van der Waals surface area contributed by atoms with Gasteiger partial charge < -0.3 is 9.72 Å². The Morgan fingerprint density at radius 2 is 1.69 bits per heavy atom. The number of aryl methyl sites for hydroxylation is 2. The van der Waals surface area contributed by atoms with Crippen LogP contribution in [0.2, 0.25) is 6.32 Å². The minimum Gasteiger partial charge on any atom is -0.497 e. The topological polar surface area (TPSA) is 37.9 Å². The van der Waals surface area contributed by atoms with Crippen LogP contribution in [0, 0.1) is 6.92 Å². The molecule has 0 unspecified atom stereocenters. The van der Waals surface area contributed by atoms with E-state index in [1.165, 1.54) is 27.9 Å². The molecule has 0 amide bonds. The smallest absolute Gasteiger partial charge is 0.214 e. The van der Waals surface area contributed by atoms with Gasteiger partial charge in [-0.05, 0) is 43.6 Å². The van der Waals surface area contributed by atoms with Crippen LogP contribution in [0.3, 0.4) is 0 Å². The van der Waals surface area contributed by atoms with Crippen LogP contribution in [0.1, 0.15) is 63.4 Å². The Bertz CT molecular complexity index is 961. The Balaban J connectivity index is 0.000000303. The second-order valence-corrected chi connectivity index (χ2v) is 8.38. The fourth-order valence-electron chi connectivity index (χ4n) is 4.07. The highest BCUT2D eigenvalue weighted by Gasteiger charge is 2.22. The molecule has 1 N–H and O–H groups in total. The van der Waals surface area contributed by atoms with Gasteiger partial charge in [-0.15, -0.1) is 0 Å². The number of hydrogen-bond donors (Lipinski definition) is 1. The molecule has 0 aliphatic carbocycles. The number of nitrogens with one attached hydrogen (secondary N) is 1. The summed E-state index contributed by atoms with van der Waals surface area (Å²) in [7, 11) is 1.75. The summed E-state index contributed by atoms with van der Waals surface area (Å²) in [5.41, 5.74) is 6.51. The summed E-state index contributed by atoms with van der Waals surface area (Å²) in [4.78, 5) is 7.36. The van der Waals surface area contributed by atoms with Crippen molar-refractivity contribution < 1.29 is 4.74 Å². The monoisotopic (exact) mass is 430 g/mol. The number of hydrogen-bond acceptors (Lipinski definition) is 2. The third kappa shape index (κ3) is 7.15. The maximum Gasteiger partial charge on any atom is 0.214 e. The molecule has 0 spiro atoms. The number of aromatic nitrogens is 2. The van der Waals surface area contributed by atoms with Gasteiger partial charge in [-0.2, -0.15) is 0 Å². The number of para-hydroxylation sites is 1. The largest absolute Gasteiger partial charge is 0.497 e. The maximum absolute atomic E-state index is 5.60. The van der Waals surface area contributed by atoms with E-state index in [0.29, 0.717) is 12.6 Å². The summed E-state index contributed by atoms with van der Waals surface area (Å²) in [5, 5.41) is 0. The summed E-state index contributed by atoms with van der Waals surface area (Å²) in [6, 6.07) is 17.1. The van der Waals surface area contributed by atoms with Gasteiger partial charge in [0.1, 0.15) is 5.75 Å². The van der Waals surface area contributed by atoms with E-state index in [9.17, 15) is 0 Å². The highest BCUT2D eigenvalue weighted by atomic mass is 16.5. The van der Waals surface area contributed by atoms with Gasteiger partial charge in [0.05, 0.1) is 19.1 Å². The summed E-state index contributed by atoms with van der Waals surface area (Å²) in [6.07, 6.45) is 10.6. The Hall–Kier alpha value is -2.75. The number of rotatable bonds is 9. The van der Waals surface area contributed by atoms with E-state index >= 15 is 0 Å². The highest BCUT2D eigenvalue weighted by Crippen LogP contribution is 2.15. The number of aromatic amines is 1. The molecule has 0 aliphatic heterocycles. The molecular weight excluding hydrogens is 391 g/mol. The molecule has 3 rings (SSSR count). The maximum atomic E-state index is 5.60. The summed E-state index contributed by atoms with van der Waals surface area (Å²) >= 11 is 0. The summed E-state index contributed by atoms with van der Waals surface area (Å²) in [5.74, 6) is 1.52. The number of H-pyrrole nitrogens is 1. The van der Waals surface area contributed by atoms with Gasteiger partial charge in [0, 0.05) is 5.69 Å². The van der Waals surface area contributed by atoms with Crippen molar-refractivity contribution in [3.63, 3.8) is 0 Å². The zero-order chi connectivity index (χ0) is 23.3. The van der Waals surface area contributed by atoms with Crippen molar-refractivity contribution in [3.8, 4) is 5.75 Å². The van der Waals surface area contributed by atoms with Crippen molar-refractivity contribution in [1.82, 2.24) is 9.97 Å². The quantitative estimate of drug-likeness (QED) is 0.331. The summed E-state index contributed by atoms with van der Waals surface area (Å²) < 4.78 is 5.60. The lowest BCUT2D eigenvalue weighted by Gasteiger charge is -2.19. The normalized spacial score (nSPS) is 10.8. The van der Waals surface area contributed by atoms with Crippen molar-refractivity contribution in [2.75, 3.05) is 7.11 Å². The molecule has 1 heterocycles. The minimum absolute atomic E-state index is 0.374. The van der Waals surface area contributed by atoms with Crippen LogP contribution in [0.15, 0.2) is 67.0 Å². The molecule has 3 nitrogen and oxygen atoms in total. The molecule has 0 saturated carbocycles. The zero-order valence-corrected chi connectivity index (χ0v) is 20.7. The van der Waals surface area contributed by atoms with Crippen molar-refractivity contribution in [1.29, 1.82) is 0 Å². The molecule has 1 aromatic heterocycles. The van der Waals surface area contributed by atoms with E-state index in [1.54, 1.807) is 13.4 Å². The number of methoxy groups -OCH3 is 1. The third-order valence-electron chi connectivity index (χ3n) is 5.75. The molecule has 170 valence electrons. The van der Waals surface area contributed by atoms with Gasteiger partial charge in [-0.1, -0.05) is 99.7 Å². The second kappa shape index (κ2) is 13.6. The van der Waals surface area contributed by atoms with E-state index < -0.39 is 0 Å². The molecule has 0 bridgehead atoms. The predicted octanol–water partition coefficient (Wildman–Crippen LogP) is 6.06. The molecule has 32 heavy (non-hydrogen) atoms. The molecular formula is C28H39BN2O. The van der Waals surface area contributed by atoms with Gasteiger partial charge in [-0.3, -0.25) is 0 Å². The molecule has 0 radical (unpaired) electrons. The van der Waals surface area contributed by atoms with Crippen molar-refractivity contribution in [3.05, 3.63) is 84.0 Å². The van der Waals surface area contributed by atoms with E-state index in [-0.39, 0.29) is 0 Å². The first-order chi connectivity index (χ1) is 15.5. The molecule has 0 aliphatic rings. The van der Waals surface area contributed by atoms with Gasteiger partial charge in [0.15, 0.2) is 0 Å². The molecule has 2 aromatic carbocycles. The van der Waals surface area contributed by atoms with E-state index in [1.807, 2.05) is 6.07 Å². The summed E-state index contributed by atoms with van der Waals surface area (Å²) in [6.45, 7) is 11.2. The number of benzene rings is 2. The molecule has 0 fully saturated rings. The van der Waals surface area contributed by atoms with Gasteiger partial charge >= 0.3 is 0 Å². The van der Waals surface area contributed by atoms with Crippen LogP contribution >= 0.6 is 0 Å². The number of imidazole rings is 1. The minimum atomic E-state index is 0.374. The van der Waals surface area contributed by atoms with Crippen molar-refractivity contribution >= 4 is 17.6 Å². The van der Waals surface area contributed by atoms with Crippen LogP contribution in [0.4, 0.5) is 0 Å². The van der Waals surface area contributed by atoms with E-state index in [2.05, 4.69) is 99.2 Å². The van der Waals surface area contributed by atoms with E-state index in [0.717, 1.165) is 31.3 Å². The molecule has 0 atom stereocenters. The molecule has 0 saturated heterocycles. The predicted molar refractivity (Wildman–Crippen MR) is 140 cm³/mol. The van der Waals surface area contributed by atoms with Crippen LogP contribution in [0.25, 0.3) is 0 Å². The molecule has 4 heteroatoms. The first kappa shape index (κ1) is 25.5. The lowest BCUT2D eigenvalue weighted by molar-refractivity contribution is 0.418. The lowest BCUT2D eigenvalue weighted by atomic mass is 9.37. The SMILES string of the molecule is CCC=CCCB(c1ccccc1C)c1ccccc1OC.CCc1[nH]cnc1C(C)C. The Morgan fingerprint density at radius 3 is 2.28 bits per heavy atom. The van der Waals surface area contributed by atoms with Crippen molar-refractivity contribution in [2.24, 2.45) is 0 Å². The average Bonchev–Trinajstić information content (AvgIpc) is 3.30. The van der Waals surface area contributed by atoms with Crippen LogP contribution in [-0.2, 0) is 6.42 Å². The average molecular weight is 430 g/mol. The number of allylic oxidation sites excluding steroid dienone is 2. The van der Waals surface area contributed by atoms with Crippen LogP contribution in [0.5, 0.6) is 5.75 Å². The second-order valence-electron chi connectivity index (χ2n) is 8.38. The fourth-order valence-corrected chi connectivity index (χ4v) is 4.07. The van der Waals surface area contributed by atoms with Gasteiger partial charge in [-0.25, -0.2) is 4.98 Å². The third-order valence-corrected chi connectivity index (χ3v) is 5.75. The number of ether oxygens (including phenoxy) is 1. The number of nitrogens with zero attached hydrogens (tertiary/aromatic N) is 1. The highest BCUT2D eigenvalue weighted by molar-refractivity contribution is 6.86. The van der Waals surface area contributed by atoms with Crippen LogP contribution < -0.4 is 15.7 Å². The molecule has 3 aromatic rings. The standard InChI is InChI=1S/C20H25BO.C8H14N2/c1-4-5-6-11-16-21(18-13-8-7-12-17(18)2)19-14-9-10-15-20(19)22-3;1-4-7-8(6(2)3)10-5-9-7/h5-10,12-15H,4,11,16H2,1-3H3;5-6H,4H2,1-3H3,(H,9,10). The first-order valence-electron chi connectivity index (χ1n) is 11.9. The van der Waals surface area contributed by atoms with E-state index in [4.69, 9.17) is 4.74 Å². The lowest BCUT2D eigenvalue weighted by Crippen LogP contribution is -2.43. The fraction of sp³-hybridized carbons (Fsp3) is 0.393. The Morgan fingerprint density at radius 1 is 1.00 bits per heavy atom. The first-order valence-corrected chi connectivity index (χ1v) is 11.9. The zero-order valence-electron chi connectivity index (χ0n) is 20.7. The van der Waals surface area contributed by atoms with Crippen molar-refractivity contribution in [2.45, 2.75) is 66.1 Å². The Kier molecular flexibility index (Phi) is 10.9. The van der Waals surface area contributed by atoms with Gasteiger partial charge in [0.2, 0.25) is 6.71 Å². The van der Waals surface area contributed by atoms with Crippen LogP contribution in [-0.4, -0.2) is 23.8 Å². The van der Waals surface area contributed by atoms with Gasteiger partial charge in [0.25, 0.3) is 0 Å². The Labute approximate surface area is 195 Å².